The second-order valence-electron chi connectivity index (χ2n) is 6.48. The van der Waals surface area contributed by atoms with Crippen molar-refractivity contribution in [3.8, 4) is 5.75 Å². The molecule has 0 aliphatic carbocycles. The van der Waals surface area contributed by atoms with Crippen molar-refractivity contribution in [1.82, 2.24) is 9.21 Å². The average Bonchev–Trinajstić information content (AvgIpc) is 3.04. The van der Waals surface area contributed by atoms with Gasteiger partial charge in [-0.25, -0.2) is 12.8 Å². The van der Waals surface area contributed by atoms with Crippen LogP contribution < -0.4 is 4.74 Å². The molecular weight excluding hydrogens is 347 g/mol. The van der Waals surface area contributed by atoms with Crippen molar-refractivity contribution in [2.45, 2.75) is 42.8 Å². The molecule has 8 heteroatoms. The molecule has 0 spiro atoms. The largest absolute Gasteiger partial charge is 0.497 e. The fourth-order valence-corrected chi connectivity index (χ4v) is 5.07. The highest BCUT2D eigenvalue weighted by atomic mass is 32.2. The zero-order valence-corrected chi connectivity index (χ0v) is 15.0. The molecule has 25 heavy (non-hydrogen) atoms. The summed E-state index contributed by atoms with van der Waals surface area (Å²) in [7, 11) is -2.45. The van der Waals surface area contributed by atoms with Gasteiger partial charge in [0.15, 0.2) is 0 Å². The van der Waals surface area contributed by atoms with Crippen molar-refractivity contribution in [2.24, 2.45) is 0 Å². The van der Waals surface area contributed by atoms with Crippen LogP contribution in [0.15, 0.2) is 29.2 Å². The third kappa shape index (κ3) is 3.64. The van der Waals surface area contributed by atoms with E-state index in [1.54, 1.807) is 4.90 Å². The highest BCUT2D eigenvalue weighted by molar-refractivity contribution is 7.89. The molecule has 2 fully saturated rings. The van der Waals surface area contributed by atoms with Crippen LogP contribution in [0.4, 0.5) is 4.39 Å². The van der Waals surface area contributed by atoms with Crippen molar-refractivity contribution >= 4 is 15.9 Å². The molecule has 2 atom stereocenters. The van der Waals surface area contributed by atoms with Gasteiger partial charge in [0, 0.05) is 26.1 Å². The van der Waals surface area contributed by atoms with Gasteiger partial charge in [0.05, 0.1) is 12.0 Å². The molecule has 2 aliphatic heterocycles. The molecule has 2 saturated heterocycles. The molecule has 2 unspecified atom stereocenters. The molecule has 1 aromatic rings. The van der Waals surface area contributed by atoms with E-state index in [9.17, 15) is 17.6 Å². The van der Waals surface area contributed by atoms with Gasteiger partial charge in [0.1, 0.15) is 18.0 Å². The SMILES string of the molecule is COc1ccc(S(=O)(=O)N2CC(F)CC2C(=O)N2CCCCC2)cc1. The number of hydrogen-bond donors (Lipinski definition) is 0. The number of alkyl halides is 1. The van der Waals surface area contributed by atoms with Crippen LogP contribution in [0.3, 0.4) is 0 Å². The van der Waals surface area contributed by atoms with Gasteiger partial charge in [-0.05, 0) is 43.5 Å². The number of methoxy groups -OCH3 is 1. The van der Waals surface area contributed by atoms with Crippen LogP contribution in [-0.4, -0.2) is 62.5 Å². The van der Waals surface area contributed by atoms with E-state index in [1.807, 2.05) is 0 Å². The van der Waals surface area contributed by atoms with E-state index in [-0.39, 0.29) is 23.8 Å². The minimum absolute atomic E-state index is 0.0406. The minimum atomic E-state index is -3.94. The summed E-state index contributed by atoms with van der Waals surface area (Å²) in [6.07, 6.45) is 1.47. The fraction of sp³-hybridized carbons (Fsp3) is 0.588. The first-order chi connectivity index (χ1) is 11.9. The molecule has 6 nitrogen and oxygen atoms in total. The number of nitrogens with zero attached hydrogens (tertiary/aromatic N) is 2. The summed E-state index contributed by atoms with van der Waals surface area (Å²) in [5.74, 6) is 0.251. The molecule has 3 rings (SSSR count). The zero-order chi connectivity index (χ0) is 18.0. The number of halogens is 1. The lowest BCUT2D eigenvalue weighted by molar-refractivity contribution is -0.135. The predicted molar refractivity (Wildman–Crippen MR) is 90.6 cm³/mol. The molecule has 2 aliphatic rings. The molecule has 1 aromatic carbocycles. The second-order valence-corrected chi connectivity index (χ2v) is 8.38. The second kappa shape index (κ2) is 7.29. The van der Waals surface area contributed by atoms with E-state index >= 15 is 0 Å². The number of carbonyl (C=O) groups is 1. The summed E-state index contributed by atoms with van der Waals surface area (Å²) in [5, 5.41) is 0. The Balaban J connectivity index is 1.85. The van der Waals surface area contributed by atoms with Gasteiger partial charge >= 0.3 is 0 Å². The van der Waals surface area contributed by atoms with Gasteiger partial charge in [0.2, 0.25) is 15.9 Å². The molecule has 138 valence electrons. The number of piperidine rings is 1. The van der Waals surface area contributed by atoms with E-state index in [2.05, 4.69) is 0 Å². The van der Waals surface area contributed by atoms with Crippen LogP contribution in [0.25, 0.3) is 0 Å². The Hall–Kier alpha value is -1.67. The normalized spacial score (nSPS) is 25.1. The third-order valence-corrected chi connectivity index (χ3v) is 6.71. The van der Waals surface area contributed by atoms with Crippen LogP contribution in [0, 0.1) is 0 Å². The fourth-order valence-electron chi connectivity index (χ4n) is 3.45. The Kier molecular flexibility index (Phi) is 5.29. The van der Waals surface area contributed by atoms with Gasteiger partial charge in [0.25, 0.3) is 0 Å². The highest BCUT2D eigenvalue weighted by Crippen LogP contribution is 2.30. The van der Waals surface area contributed by atoms with Crippen LogP contribution in [0.2, 0.25) is 0 Å². The zero-order valence-electron chi connectivity index (χ0n) is 14.2. The number of benzene rings is 1. The molecule has 0 N–H and O–H groups in total. The number of carbonyl (C=O) groups excluding carboxylic acids is 1. The first-order valence-corrected chi connectivity index (χ1v) is 9.96. The van der Waals surface area contributed by atoms with Gasteiger partial charge < -0.3 is 9.64 Å². The maximum absolute atomic E-state index is 14.0. The summed E-state index contributed by atoms with van der Waals surface area (Å²) < 4.78 is 45.9. The number of likely N-dealkylation sites (tertiary alicyclic amines) is 1. The molecule has 0 aromatic heterocycles. The molecular formula is C17H23FN2O4S. The lowest BCUT2D eigenvalue weighted by atomic mass is 10.1. The predicted octanol–water partition coefficient (Wildman–Crippen LogP) is 1.81. The molecule has 1 amide bonds. The van der Waals surface area contributed by atoms with Crippen LogP contribution in [0.5, 0.6) is 5.75 Å². The van der Waals surface area contributed by atoms with Crippen molar-refractivity contribution in [3.63, 3.8) is 0 Å². The lowest BCUT2D eigenvalue weighted by Crippen LogP contribution is -2.49. The first kappa shape index (κ1) is 18.1. The van der Waals surface area contributed by atoms with E-state index in [1.165, 1.54) is 31.4 Å². The Bertz CT molecular complexity index is 717. The van der Waals surface area contributed by atoms with E-state index in [4.69, 9.17) is 4.74 Å². The summed E-state index contributed by atoms with van der Waals surface area (Å²) in [4.78, 5) is 14.5. The number of amides is 1. The van der Waals surface area contributed by atoms with Crippen molar-refractivity contribution in [2.75, 3.05) is 26.7 Å². The smallest absolute Gasteiger partial charge is 0.243 e. The van der Waals surface area contributed by atoms with E-state index in [0.717, 1.165) is 23.6 Å². The van der Waals surface area contributed by atoms with Crippen molar-refractivity contribution < 1.29 is 22.3 Å². The number of rotatable bonds is 4. The number of sulfonamides is 1. The average molecular weight is 370 g/mol. The Morgan fingerprint density at radius 1 is 1.16 bits per heavy atom. The summed E-state index contributed by atoms with van der Waals surface area (Å²) >= 11 is 0. The molecule has 0 bridgehead atoms. The lowest BCUT2D eigenvalue weighted by Gasteiger charge is -2.32. The Morgan fingerprint density at radius 3 is 2.40 bits per heavy atom. The highest BCUT2D eigenvalue weighted by Gasteiger charge is 2.45. The minimum Gasteiger partial charge on any atom is -0.497 e. The third-order valence-electron chi connectivity index (χ3n) is 4.82. The standard InChI is InChI=1S/C17H23FN2O4S/c1-24-14-5-7-15(8-6-14)25(22,23)20-12-13(18)11-16(20)17(21)19-9-3-2-4-10-19/h5-8,13,16H,2-4,9-12H2,1H3. The number of ether oxygens (including phenoxy) is 1. The van der Waals surface area contributed by atoms with Gasteiger partial charge in [-0.2, -0.15) is 4.31 Å². The van der Waals surface area contributed by atoms with Crippen LogP contribution >= 0.6 is 0 Å². The Morgan fingerprint density at radius 2 is 1.80 bits per heavy atom. The Labute approximate surface area is 147 Å². The van der Waals surface area contributed by atoms with Gasteiger partial charge in [-0.3, -0.25) is 4.79 Å². The van der Waals surface area contributed by atoms with E-state index < -0.39 is 22.2 Å². The van der Waals surface area contributed by atoms with Gasteiger partial charge in [-0.15, -0.1) is 0 Å². The van der Waals surface area contributed by atoms with E-state index in [0.29, 0.717) is 18.8 Å². The van der Waals surface area contributed by atoms with Crippen LogP contribution in [-0.2, 0) is 14.8 Å². The molecule has 0 radical (unpaired) electrons. The summed E-state index contributed by atoms with van der Waals surface area (Å²) in [6.45, 7) is 0.948. The number of hydrogen-bond acceptors (Lipinski definition) is 4. The van der Waals surface area contributed by atoms with Crippen molar-refractivity contribution in [1.29, 1.82) is 0 Å². The maximum atomic E-state index is 14.0. The monoisotopic (exact) mass is 370 g/mol. The van der Waals surface area contributed by atoms with Crippen molar-refractivity contribution in [3.05, 3.63) is 24.3 Å². The van der Waals surface area contributed by atoms with Crippen LogP contribution in [0.1, 0.15) is 25.7 Å². The molecule has 2 heterocycles. The maximum Gasteiger partial charge on any atom is 0.243 e. The summed E-state index contributed by atoms with van der Waals surface area (Å²) in [6, 6.07) is 4.96. The quantitative estimate of drug-likeness (QED) is 0.811. The first-order valence-electron chi connectivity index (χ1n) is 8.52. The topological polar surface area (TPSA) is 66.9 Å². The summed E-state index contributed by atoms with van der Waals surface area (Å²) in [5.41, 5.74) is 0. The van der Waals surface area contributed by atoms with Gasteiger partial charge in [-0.1, -0.05) is 0 Å². The molecule has 0 saturated carbocycles.